The van der Waals surface area contributed by atoms with Gasteiger partial charge in [0.25, 0.3) is 5.91 Å². The van der Waals surface area contributed by atoms with Crippen molar-refractivity contribution in [2.75, 3.05) is 18.5 Å². The van der Waals surface area contributed by atoms with Crippen LogP contribution in [0.3, 0.4) is 0 Å². The van der Waals surface area contributed by atoms with Crippen molar-refractivity contribution in [1.29, 1.82) is 0 Å². The highest BCUT2D eigenvalue weighted by molar-refractivity contribution is 6.34. The number of benzene rings is 3. The summed E-state index contributed by atoms with van der Waals surface area (Å²) < 4.78 is 17.0. The fourth-order valence-electron chi connectivity index (χ4n) is 3.45. The summed E-state index contributed by atoms with van der Waals surface area (Å²) in [5.74, 6) is 1.35. The Hall–Kier alpha value is -3.51. The number of halogens is 1. The summed E-state index contributed by atoms with van der Waals surface area (Å²) in [6, 6.07) is 16.3. The van der Waals surface area contributed by atoms with E-state index in [1.54, 1.807) is 30.3 Å². The molecule has 31 heavy (non-hydrogen) atoms. The number of anilines is 1. The lowest BCUT2D eigenvalue weighted by Gasteiger charge is -2.18. The zero-order valence-corrected chi connectivity index (χ0v) is 17.5. The van der Waals surface area contributed by atoms with Crippen LogP contribution in [0.25, 0.3) is 22.6 Å². The minimum Gasteiger partial charge on any atom is -0.486 e. The van der Waals surface area contributed by atoms with Crippen LogP contribution < -0.4 is 14.8 Å². The molecule has 0 atom stereocenters. The number of hydrogen-bond acceptors (Lipinski definition) is 5. The van der Waals surface area contributed by atoms with Crippen molar-refractivity contribution in [1.82, 2.24) is 4.98 Å². The van der Waals surface area contributed by atoms with Crippen molar-refractivity contribution in [3.63, 3.8) is 0 Å². The molecule has 0 unspecified atom stereocenters. The highest BCUT2D eigenvalue weighted by Crippen LogP contribution is 2.33. The van der Waals surface area contributed by atoms with Gasteiger partial charge in [-0.1, -0.05) is 24.6 Å². The number of fused-ring (bicyclic) bond motifs is 2. The molecule has 6 nitrogen and oxygen atoms in total. The number of aryl methyl sites for hydroxylation is 1. The second-order valence-electron chi connectivity index (χ2n) is 7.18. The van der Waals surface area contributed by atoms with Gasteiger partial charge < -0.3 is 19.2 Å². The van der Waals surface area contributed by atoms with Crippen LogP contribution in [-0.2, 0) is 6.42 Å². The maximum atomic E-state index is 12.8. The number of nitrogens with one attached hydrogen (secondary N) is 1. The fourth-order valence-corrected chi connectivity index (χ4v) is 3.61. The van der Waals surface area contributed by atoms with Gasteiger partial charge in [-0.15, -0.1) is 0 Å². The Morgan fingerprint density at radius 2 is 1.87 bits per heavy atom. The topological polar surface area (TPSA) is 73.6 Å². The monoisotopic (exact) mass is 434 g/mol. The first-order valence-electron chi connectivity index (χ1n) is 10.0. The van der Waals surface area contributed by atoms with Gasteiger partial charge in [0.1, 0.15) is 18.7 Å². The molecule has 1 aliphatic rings. The predicted molar refractivity (Wildman–Crippen MR) is 119 cm³/mol. The van der Waals surface area contributed by atoms with Gasteiger partial charge in [0.15, 0.2) is 17.1 Å². The smallest absolute Gasteiger partial charge is 0.255 e. The van der Waals surface area contributed by atoms with Crippen LogP contribution in [0.15, 0.2) is 59.0 Å². The second-order valence-corrected chi connectivity index (χ2v) is 7.59. The second kappa shape index (κ2) is 7.96. The van der Waals surface area contributed by atoms with Crippen molar-refractivity contribution in [3.8, 4) is 23.0 Å². The molecule has 4 aromatic rings. The van der Waals surface area contributed by atoms with Crippen LogP contribution in [-0.4, -0.2) is 24.1 Å². The lowest BCUT2D eigenvalue weighted by atomic mass is 10.1. The number of oxazole rings is 1. The molecule has 7 heteroatoms. The molecule has 1 amide bonds. The van der Waals surface area contributed by atoms with E-state index >= 15 is 0 Å². The Balaban J connectivity index is 1.43. The maximum absolute atomic E-state index is 12.8. The van der Waals surface area contributed by atoms with Crippen molar-refractivity contribution in [2.45, 2.75) is 13.3 Å². The molecule has 2 heterocycles. The Morgan fingerprint density at radius 1 is 1.03 bits per heavy atom. The molecular weight excluding hydrogens is 416 g/mol. The Kier molecular flexibility index (Phi) is 5.00. The van der Waals surface area contributed by atoms with Crippen molar-refractivity contribution < 1.29 is 18.7 Å². The molecule has 5 rings (SSSR count). The molecular formula is C24H19ClN2O4. The summed E-state index contributed by atoms with van der Waals surface area (Å²) in [5.41, 5.74) is 4.33. The average molecular weight is 435 g/mol. The van der Waals surface area contributed by atoms with Gasteiger partial charge in [0, 0.05) is 11.1 Å². The summed E-state index contributed by atoms with van der Waals surface area (Å²) in [6.07, 6.45) is 0.926. The highest BCUT2D eigenvalue weighted by Gasteiger charge is 2.17. The lowest BCUT2D eigenvalue weighted by molar-refractivity contribution is 0.102. The largest absolute Gasteiger partial charge is 0.486 e. The van der Waals surface area contributed by atoms with Crippen molar-refractivity contribution >= 4 is 34.3 Å². The van der Waals surface area contributed by atoms with Gasteiger partial charge in [-0.2, -0.15) is 0 Å². The molecule has 3 aromatic carbocycles. The number of nitrogens with zero attached hydrogens (tertiary/aromatic N) is 1. The molecule has 156 valence electrons. The van der Waals surface area contributed by atoms with E-state index in [1.165, 1.54) is 5.56 Å². The average Bonchev–Trinajstić information content (AvgIpc) is 3.23. The zero-order chi connectivity index (χ0) is 21.4. The first kappa shape index (κ1) is 19.5. The van der Waals surface area contributed by atoms with Gasteiger partial charge in [-0.25, -0.2) is 4.98 Å². The summed E-state index contributed by atoms with van der Waals surface area (Å²) in [4.78, 5) is 17.4. The predicted octanol–water partition coefficient (Wildman–Crippen LogP) is 5.73. The lowest BCUT2D eigenvalue weighted by Crippen LogP contribution is -2.17. The molecule has 1 aliphatic heterocycles. The summed E-state index contributed by atoms with van der Waals surface area (Å²) >= 11 is 6.34. The maximum Gasteiger partial charge on any atom is 0.255 e. The van der Waals surface area contributed by atoms with E-state index < -0.39 is 0 Å². The standard InChI is InChI=1S/C24H19ClN2O4/c1-2-14-3-7-20-19(11-14)27-24(31-20)16-4-6-17(25)18(12-16)26-23(28)15-5-8-21-22(13-15)30-10-9-29-21/h3-8,11-13H,2,9-10H2,1H3,(H,26,28). The molecule has 0 spiro atoms. The van der Waals surface area contributed by atoms with E-state index in [4.69, 9.17) is 25.5 Å². The number of hydrogen-bond donors (Lipinski definition) is 1. The fraction of sp³-hybridized carbons (Fsp3) is 0.167. The van der Waals surface area contributed by atoms with E-state index in [1.807, 2.05) is 24.3 Å². The van der Waals surface area contributed by atoms with E-state index in [2.05, 4.69) is 17.2 Å². The molecule has 1 N–H and O–H groups in total. The highest BCUT2D eigenvalue weighted by atomic mass is 35.5. The molecule has 0 aliphatic carbocycles. The van der Waals surface area contributed by atoms with Crippen LogP contribution in [0.2, 0.25) is 5.02 Å². The Labute approximate surface area is 183 Å². The first-order chi connectivity index (χ1) is 15.1. The Morgan fingerprint density at radius 3 is 2.71 bits per heavy atom. The van der Waals surface area contributed by atoms with E-state index in [0.717, 1.165) is 17.5 Å². The van der Waals surface area contributed by atoms with Crippen LogP contribution in [0.5, 0.6) is 11.5 Å². The van der Waals surface area contributed by atoms with Gasteiger partial charge >= 0.3 is 0 Å². The zero-order valence-electron chi connectivity index (χ0n) is 16.8. The van der Waals surface area contributed by atoms with Crippen LogP contribution in [0.1, 0.15) is 22.8 Å². The van der Waals surface area contributed by atoms with Gasteiger partial charge in [-0.05, 0) is 60.5 Å². The van der Waals surface area contributed by atoms with Crippen LogP contribution in [0, 0.1) is 0 Å². The normalized spacial score (nSPS) is 12.7. The van der Waals surface area contributed by atoms with Gasteiger partial charge in [-0.3, -0.25) is 4.79 Å². The van der Waals surface area contributed by atoms with Gasteiger partial charge in [0.05, 0.1) is 10.7 Å². The number of aromatic nitrogens is 1. The van der Waals surface area contributed by atoms with Crippen LogP contribution in [0.4, 0.5) is 5.69 Å². The molecule has 1 aromatic heterocycles. The third-order valence-corrected chi connectivity index (χ3v) is 5.46. The molecule has 0 fully saturated rings. The minimum absolute atomic E-state index is 0.304. The van der Waals surface area contributed by atoms with Gasteiger partial charge in [0.2, 0.25) is 5.89 Å². The van der Waals surface area contributed by atoms with E-state index in [-0.39, 0.29) is 5.91 Å². The molecule has 0 radical (unpaired) electrons. The molecule has 0 bridgehead atoms. The Bertz CT molecular complexity index is 1300. The SMILES string of the molecule is CCc1ccc2oc(-c3ccc(Cl)c(NC(=O)c4ccc5c(c4)OCCO5)c3)nc2c1. The van der Waals surface area contributed by atoms with Crippen LogP contribution >= 0.6 is 11.6 Å². The quantitative estimate of drug-likeness (QED) is 0.443. The van der Waals surface area contributed by atoms with E-state index in [9.17, 15) is 4.79 Å². The number of ether oxygens (including phenoxy) is 2. The summed E-state index contributed by atoms with van der Waals surface area (Å²) in [6.45, 7) is 3.05. The van der Waals surface area contributed by atoms with E-state index in [0.29, 0.717) is 52.5 Å². The minimum atomic E-state index is -0.304. The number of carbonyl (C=O) groups is 1. The number of carbonyl (C=O) groups excluding carboxylic acids is 1. The molecule has 0 saturated carbocycles. The van der Waals surface area contributed by atoms with Crippen molar-refractivity contribution in [3.05, 3.63) is 70.7 Å². The third kappa shape index (κ3) is 3.82. The third-order valence-electron chi connectivity index (χ3n) is 5.13. The summed E-state index contributed by atoms with van der Waals surface area (Å²) in [5, 5.41) is 3.27. The number of rotatable bonds is 4. The number of amides is 1. The summed E-state index contributed by atoms with van der Waals surface area (Å²) in [7, 11) is 0. The van der Waals surface area contributed by atoms with Crippen molar-refractivity contribution in [2.24, 2.45) is 0 Å². The molecule has 0 saturated heterocycles. The first-order valence-corrected chi connectivity index (χ1v) is 10.4.